The van der Waals surface area contributed by atoms with E-state index in [4.69, 9.17) is 18.9 Å². The van der Waals surface area contributed by atoms with Gasteiger partial charge < -0.3 is 24.3 Å². The van der Waals surface area contributed by atoms with Crippen LogP contribution in [0.25, 0.3) is 0 Å². The predicted molar refractivity (Wildman–Crippen MR) is 102 cm³/mol. The summed E-state index contributed by atoms with van der Waals surface area (Å²) in [7, 11) is 4.91. The van der Waals surface area contributed by atoms with Crippen molar-refractivity contribution in [2.75, 3.05) is 27.9 Å². The minimum Gasteiger partial charge on any atom is -0.496 e. The second kappa shape index (κ2) is 10.3. The number of ether oxygens (including phenoxy) is 4. The van der Waals surface area contributed by atoms with Gasteiger partial charge in [0.15, 0.2) is 0 Å². The first-order valence-electron chi connectivity index (χ1n) is 8.96. The van der Waals surface area contributed by atoms with Gasteiger partial charge in [-0.05, 0) is 56.9 Å². The number of nitrogens with one attached hydrogen (secondary N) is 1. The van der Waals surface area contributed by atoms with Crippen LogP contribution in [0, 0.1) is 0 Å². The van der Waals surface area contributed by atoms with Crippen LogP contribution in [0.15, 0.2) is 12.1 Å². The van der Waals surface area contributed by atoms with Crippen LogP contribution in [0.5, 0.6) is 11.5 Å². The van der Waals surface area contributed by atoms with Crippen LogP contribution in [0.1, 0.15) is 45.2 Å². The maximum atomic E-state index is 12.1. The minimum absolute atomic E-state index is 0.245. The summed E-state index contributed by atoms with van der Waals surface area (Å²) in [5.41, 5.74) is 1.51. The molecule has 1 rings (SSSR count). The molecule has 1 aromatic carbocycles. The fourth-order valence-electron chi connectivity index (χ4n) is 2.74. The molecule has 0 fully saturated rings. The Bertz CT molecular complexity index is 580. The second-order valence-electron chi connectivity index (χ2n) is 7.23. The van der Waals surface area contributed by atoms with Crippen LogP contribution < -0.4 is 14.8 Å². The van der Waals surface area contributed by atoms with E-state index in [-0.39, 0.29) is 6.04 Å². The molecule has 6 nitrogen and oxygen atoms in total. The Morgan fingerprint density at radius 1 is 1.08 bits per heavy atom. The molecule has 26 heavy (non-hydrogen) atoms. The van der Waals surface area contributed by atoms with Gasteiger partial charge in [-0.1, -0.05) is 13.3 Å². The second-order valence-corrected chi connectivity index (χ2v) is 7.23. The fourth-order valence-corrected chi connectivity index (χ4v) is 2.74. The van der Waals surface area contributed by atoms with Crippen molar-refractivity contribution in [3.63, 3.8) is 0 Å². The van der Waals surface area contributed by atoms with Gasteiger partial charge in [-0.15, -0.1) is 0 Å². The molecule has 0 saturated carbocycles. The molecule has 0 aliphatic heterocycles. The van der Waals surface area contributed by atoms with Crippen molar-refractivity contribution in [1.82, 2.24) is 5.32 Å². The highest BCUT2D eigenvalue weighted by Crippen LogP contribution is 2.30. The number of hydrogen-bond acceptors (Lipinski definition) is 5. The molecular formula is C20H33NO5. The largest absolute Gasteiger partial charge is 0.496 e. The average Bonchev–Trinajstić information content (AvgIpc) is 2.54. The van der Waals surface area contributed by atoms with Gasteiger partial charge in [-0.3, -0.25) is 0 Å². The third kappa shape index (κ3) is 7.12. The maximum absolute atomic E-state index is 12.1. The van der Waals surface area contributed by atoms with Crippen molar-refractivity contribution in [3.05, 3.63) is 23.3 Å². The molecule has 0 aliphatic carbocycles. The summed E-state index contributed by atoms with van der Waals surface area (Å²) in [5.74, 6) is 1.61. The Morgan fingerprint density at radius 2 is 1.65 bits per heavy atom. The highest BCUT2D eigenvalue weighted by molar-refractivity contribution is 5.68. The molecule has 1 N–H and O–H groups in total. The Kier molecular flexibility index (Phi) is 8.72. The Labute approximate surface area is 157 Å². The van der Waals surface area contributed by atoms with E-state index in [0.717, 1.165) is 35.5 Å². The van der Waals surface area contributed by atoms with E-state index in [2.05, 4.69) is 12.2 Å². The van der Waals surface area contributed by atoms with Gasteiger partial charge in [-0.25, -0.2) is 4.79 Å². The molecule has 0 bridgehead atoms. The lowest BCUT2D eigenvalue weighted by atomic mass is 10.00. The highest BCUT2D eigenvalue weighted by atomic mass is 16.6. The van der Waals surface area contributed by atoms with Gasteiger partial charge in [-0.2, -0.15) is 0 Å². The summed E-state index contributed by atoms with van der Waals surface area (Å²) < 4.78 is 21.7. The van der Waals surface area contributed by atoms with E-state index >= 15 is 0 Å². The lowest BCUT2D eigenvalue weighted by Gasteiger charge is -2.24. The van der Waals surface area contributed by atoms with Crippen molar-refractivity contribution in [2.45, 2.75) is 58.6 Å². The highest BCUT2D eigenvalue weighted by Gasteiger charge is 2.21. The van der Waals surface area contributed by atoms with E-state index in [9.17, 15) is 4.79 Å². The number of amides is 1. The van der Waals surface area contributed by atoms with Crippen LogP contribution in [0.4, 0.5) is 4.79 Å². The first-order chi connectivity index (χ1) is 12.2. The summed E-state index contributed by atoms with van der Waals surface area (Å²) in [6.07, 6.45) is 2.01. The Morgan fingerprint density at radius 3 is 2.15 bits per heavy atom. The number of benzene rings is 1. The Balaban J connectivity index is 3.01. The molecule has 0 aliphatic rings. The summed E-state index contributed by atoms with van der Waals surface area (Å²) in [5, 5.41) is 2.87. The molecule has 1 amide bonds. The monoisotopic (exact) mass is 367 g/mol. The summed E-state index contributed by atoms with van der Waals surface area (Å²) >= 11 is 0. The van der Waals surface area contributed by atoms with Crippen LogP contribution >= 0.6 is 0 Å². The van der Waals surface area contributed by atoms with Crippen LogP contribution in [0.3, 0.4) is 0 Å². The molecule has 0 aromatic heterocycles. The normalized spacial score (nSPS) is 12.4. The lowest BCUT2D eigenvalue weighted by Crippen LogP contribution is -2.42. The molecule has 0 spiro atoms. The van der Waals surface area contributed by atoms with Gasteiger partial charge in [0.2, 0.25) is 0 Å². The quantitative estimate of drug-likeness (QED) is 0.720. The first-order valence-corrected chi connectivity index (χ1v) is 8.96. The zero-order valence-electron chi connectivity index (χ0n) is 17.1. The first kappa shape index (κ1) is 22.1. The molecule has 0 radical (unpaired) electrons. The van der Waals surface area contributed by atoms with Crippen molar-refractivity contribution in [2.24, 2.45) is 0 Å². The number of aryl methyl sites for hydroxylation is 1. The average molecular weight is 367 g/mol. The third-order valence-corrected chi connectivity index (χ3v) is 3.76. The van der Waals surface area contributed by atoms with Crippen LogP contribution in [-0.4, -0.2) is 45.7 Å². The van der Waals surface area contributed by atoms with Crippen LogP contribution in [0.2, 0.25) is 0 Å². The molecule has 1 atom stereocenters. The summed E-state index contributed by atoms with van der Waals surface area (Å²) in [6.45, 7) is 7.98. The lowest BCUT2D eigenvalue weighted by molar-refractivity contribution is 0.0469. The Hall–Kier alpha value is -1.95. The van der Waals surface area contributed by atoms with Crippen molar-refractivity contribution >= 4 is 6.09 Å². The van der Waals surface area contributed by atoms with Gasteiger partial charge in [0.05, 0.1) is 26.9 Å². The van der Waals surface area contributed by atoms with Gasteiger partial charge >= 0.3 is 6.09 Å². The molecule has 6 heteroatoms. The molecule has 0 heterocycles. The smallest absolute Gasteiger partial charge is 0.407 e. The van der Waals surface area contributed by atoms with E-state index in [0.29, 0.717) is 13.0 Å². The maximum Gasteiger partial charge on any atom is 0.407 e. The number of alkyl carbamates (subject to hydrolysis) is 1. The van der Waals surface area contributed by atoms with Crippen molar-refractivity contribution in [3.8, 4) is 11.5 Å². The third-order valence-electron chi connectivity index (χ3n) is 3.76. The van der Waals surface area contributed by atoms with Gasteiger partial charge in [0.1, 0.15) is 17.1 Å². The van der Waals surface area contributed by atoms with Crippen LogP contribution in [-0.2, 0) is 22.3 Å². The number of rotatable bonds is 9. The van der Waals surface area contributed by atoms with Crippen molar-refractivity contribution < 1.29 is 23.7 Å². The number of hydrogen-bond donors (Lipinski definition) is 1. The molecular weight excluding hydrogens is 334 g/mol. The van der Waals surface area contributed by atoms with Gasteiger partial charge in [0.25, 0.3) is 0 Å². The number of carbonyl (C=O) groups is 1. The SMILES string of the molecule is CCCc1cc(OC)c(C[C@H](COC)NC(=O)OC(C)(C)C)cc1OC. The number of methoxy groups -OCH3 is 3. The zero-order chi connectivity index (χ0) is 19.7. The molecule has 1 aromatic rings. The van der Waals surface area contributed by atoms with E-state index in [1.807, 2.05) is 32.9 Å². The van der Waals surface area contributed by atoms with E-state index in [1.165, 1.54) is 0 Å². The standard InChI is InChI=1S/C20H33NO5/c1-8-9-14-11-18(25-7)15(12-17(14)24-6)10-16(13-23-5)21-19(22)26-20(2,3)4/h11-12,16H,8-10,13H2,1-7H3,(H,21,22)/t16-/m1/s1. The van der Waals surface area contributed by atoms with E-state index in [1.54, 1.807) is 21.3 Å². The predicted octanol–water partition coefficient (Wildman–Crippen LogP) is 3.74. The molecule has 148 valence electrons. The molecule has 0 unspecified atom stereocenters. The van der Waals surface area contributed by atoms with Gasteiger partial charge in [0, 0.05) is 7.11 Å². The summed E-state index contributed by atoms with van der Waals surface area (Å²) in [6, 6.07) is 3.74. The topological polar surface area (TPSA) is 66.0 Å². The summed E-state index contributed by atoms with van der Waals surface area (Å²) in [4.78, 5) is 12.1. The van der Waals surface area contributed by atoms with E-state index < -0.39 is 11.7 Å². The minimum atomic E-state index is -0.551. The fraction of sp³-hybridized carbons (Fsp3) is 0.650. The molecule has 0 saturated heterocycles. The number of carbonyl (C=O) groups excluding carboxylic acids is 1. The van der Waals surface area contributed by atoms with Crippen molar-refractivity contribution in [1.29, 1.82) is 0 Å². The zero-order valence-corrected chi connectivity index (χ0v) is 17.1.